The summed E-state index contributed by atoms with van der Waals surface area (Å²) in [5.41, 5.74) is 6.01. The first kappa shape index (κ1) is 35.3. The number of hydrogen-bond acceptors (Lipinski definition) is 11. The lowest BCUT2D eigenvalue weighted by Crippen LogP contribution is -2.62. The molecule has 244 valence electrons. The minimum Gasteiger partial charge on any atom is -0.393 e. The summed E-state index contributed by atoms with van der Waals surface area (Å²) < 4.78 is 18.0. The third kappa shape index (κ3) is 9.40. The van der Waals surface area contributed by atoms with Gasteiger partial charge in [0.05, 0.1) is 54.7 Å². The molecule has 2 saturated heterocycles. The fourth-order valence-electron chi connectivity index (χ4n) is 6.04. The third-order valence-corrected chi connectivity index (χ3v) is 8.69. The topological polar surface area (TPSA) is 204 Å². The predicted molar refractivity (Wildman–Crippen MR) is 154 cm³/mol. The van der Waals surface area contributed by atoms with Gasteiger partial charge >= 0.3 is 0 Å². The Bertz CT molecular complexity index is 890. The molecule has 3 aliphatic rings. The van der Waals surface area contributed by atoms with Crippen molar-refractivity contribution in [1.82, 2.24) is 5.32 Å². The minimum atomic E-state index is -1.90. The number of hydrogen-bond donors (Lipinski definition) is 8. The number of nitrogens with two attached hydrogens (primary N) is 1. The Morgan fingerprint density at radius 1 is 1.12 bits per heavy atom. The van der Waals surface area contributed by atoms with Gasteiger partial charge < -0.3 is 55.9 Å². The summed E-state index contributed by atoms with van der Waals surface area (Å²) in [6.07, 6.45) is -3.16. The fourth-order valence-corrected chi connectivity index (χ4v) is 6.04. The first-order chi connectivity index (χ1) is 19.6. The highest BCUT2D eigenvalue weighted by Crippen LogP contribution is 2.38. The molecule has 5 unspecified atom stereocenters. The van der Waals surface area contributed by atoms with Crippen LogP contribution in [-0.2, 0) is 19.0 Å². The van der Waals surface area contributed by atoms with E-state index < -0.39 is 78.8 Å². The van der Waals surface area contributed by atoms with Crippen LogP contribution in [0.4, 0.5) is 0 Å². The zero-order chi connectivity index (χ0) is 31.4. The van der Waals surface area contributed by atoms with Crippen molar-refractivity contribution < 1.29 is 49.6 Å². The van der Waals surface area contributed by atoms with Crippen molar-refractivity contribution in [2.45, 2.75) is 153 Å². The molecule has 0 bridgehead atoms. The van der Waals surface area contributed by atoms with E-state index in [0.29, 0.717) is 19.3 Å². The molecule has 2 heterocycles. The van der Waals surface area contributed by atoms with Crippen LogP contribution in [0.3, 0.4) is 0 Å². The number of aliphatic hydroxyl groups excluding tert-OH is 5. The van der Waals surface area contributed by atoms with Crippen molar-refractivity contribution in [2.75, 3.05) is 0 Å². The molecule has 12 nitrogen and oxygen atoms in total. The largest absolute Gasteiger partial charge is 0.393 e. The van der Waals surface area contributed by atoms with Crippen molar-refractivity contribution >= 4 is 5.91 Å². The lowest BCUT2D eigenvalue weighted by Gasteiger charge is -2.46. The molecule has 1 aliphatic carbocycles. The monoisotopic (exact) mass is 602 g/mol. The second-order valence-corrected chi connectivity index (χ2v) is 13.2. The number of ether oxygens (including phenoxy) is 3. The molecular formula is C30H54N2O10. The maximum absolute atomic E-state index is 13.6. The van der Waals surface area contributed by atoms with Crippen LogP contribution in [0.5, 0.6) is 0 Å². The van der Waals surface area contributed by atoms with Crippen LogP contribution in [0.25, 0.3) is 0 Å². The van der Waals surface area contributed by atoms with Gasteiger partial charge in [-0.15, -0.1) is 0 Å². The van der Waals surface area contributed by atoms with Crippen molar-refractivity contribution in [3.05, 3.63) is 12.2 Å². The smallest absolute Gasteiger partial charge is 0.228 e. The van der Waals surface area contributed by atoms with Crippen LogP contribution >= 0.6 is 0 Å². The van der Waals surface area contributed by atoms with E-state index in [1.807, 2.05) is 19.9 Å². The number of carbonyl (C=O) groups is 1. The van der Waals surface area contributed by atoms with E-state index in [1.54, 1.807) is 26.8 Å². The molecule has 1 saturated carbocycles. The molecule has 1 amide bonds. The molecule has 9 N–H and O–H groups in total. The van der Waals surface area contributed by atoms with Gasteiger partial charge in [-0.05, 0) is 44.4 Å². The summed E-state index contributed by atoms with van der Waals surface area (Å²) >= 11 is 0. The van der Waals surface area contributed by atoms with Gasteiger partial charge in [-0.3, -0.25) is 4.79 Å². The van der Waals surface area contributed by atoms with E-state index in [-0.39, 0.29) is 37.1 Å². The lowest BCUT2D eigenvalue weighted by molar-refractivity contribution is -0.307. The molecule has 42 heavy (non-hydrogen) atoms. The molecule has 3 rings (SSSR count). The van der Waals surface area contributed by atoms with Crippen LogP contribution in [0.15, 0.2) is 12.2 Å². The number of carbonyl (C=O) groups excluding carboxylic acids is 1. The summed E-state index contributed by atoms with van der Waals surface area (Å²) in [7, 11) is 0. The van der Waals surface area contributed by atoms with Gasteiger partial charge in [0.2, 0.25) is 5.91 Å². The van der Waals surface area contributed by atoms with Gasteiger partial charge in [0.1, 0.15) is 6.10 Å². The first-order valence-electron chi connectivity index (χ1n) is 15.5. The van der Waals surface area contributed by atoms with E-state index in [1.165, 1.54) is 0 Å². The number of rotatable bonds is 11. The van der Waals surface area contributed by atoms with Crippen LogP contribution in [0.2, 0.25) is 0 Å². The molecule has 13 atom stereocenters. The average Bonchev–Trinajstić information content (AvgIpc) is 2.88. The summed E-state index contributed by atoms with van der Waals surface area (Å²) in [6.45, 7) is 9.16. The van der Waals surface area contributed by atoms with E-state index in [4.69, 9.17) is 19.9 Å². The maximum Gasteiger partial charge on any atom is 0.228 e. The summed E-state index contributed by atoms with van der Waals surface area (Å²) in [6, 6.07) is -1.26. The Kier molecular flexibility index (Phi) is 12.8. The highest BCUT2D eigenvalue weighted by Gasteiger charge is 2.51. The second kappa shape index (κ2) is 15.2. The number of nitrogens with one attached hydrogen (secondary N) is 1. The SMILES string of the molecule is CC(C)/C=C/[C@@H](C[C@@H]1O[C@](O)(C[C@@H](O)C(C)C)C[C@H](O)[C@H]1C(=O)N[C@@H]1CCC[C@@H](O)C1)OC1OC(C)C(O)C(N)C1O. The normalized spacial score (nSPS) is 41.3. The highest BCUT2D eigenvalue weighted by atomic mass is 16.7. The van der Waals surface area contributed by atoms with Gasteiger partial charge in [0, 0.05) is 25.3 Å². The molecule has 0 spiro atoms. The molecular weight excluding hydrogens is 548 g/mol. The summed E-state index contributed by atoms with van der Waals surface area (Å²) in [5, 5.41) is 67.2. The Balaban J connectivity index is 1.88. The zero-order valence-electron chi connectivity index (χ0n) is 25.6. The number of amides is 1. The van der Waals surface area contributed by atoms with Gasteiger partial charge in [0.15, 0.2) is 12.1 Å². The molecule has 0 aromatic rings. The molecule has 2 aliphatic heterocycles. The van der Waals surface area contributed by atoms with Crippen molar-refractivity contribution in [2.24, 2.45) is 23.5 Å². The molecule has 0 aromatic carbocycles. The van der Waals surface area contributed by atoms with E-state index >= 15 is 0 Å². The average molecular weight is 603 g/mol. The Hall–Kier alpha value is -1.19. The maximum atomic E-state index is 13.6. The molecule has 3 fully saturated rings. The Morgan fingerprint density at radius 3 is 2.43 bits per heavy atom. The quantitative estimate of drug-likeness (QED) is 0.148. The second-order valence-electron chi connectivity index (χ2n) is 13.2. The summed E-state index contributed by atoms with van der Waals surface area (Å²) in [4.78, 5) is 13.6. The van der Waals surface area contributed by atoms with E-state index in [9.17, 15) is 35.4 Å². The molecule has 0 aromatic heterocycles. The van der Waals surface area contributed by atoms with E-state index in [2.05, 4.69) is 5.32 Å². The zero-order valence-corrected chi connectivity index (χ0v) is 25.6. The van der Waals surface area contributed by atoms with E-state index in [0.717, 1.165) is 6.42 Å². The third-order valence-electron chi connectivity index (χ3n) is 8.69. The van der Waals surface area contributed by atoms with Crippen molar-refractivity contribution in [3.8, 4) is 0 Å². The highest BCUT2D eigenvalue weighted by molar-refractivity contribution is 5.80. The van der Waals surface area contributed by atoms with Crippen LogP contribution < -0.4 is 11.1 Å². The minimum absolute atomic E-state index is 0.00943. The number of aliphatic hydroxyl groups is 6. The molecule has 0 radical (unpaired) electrons. The number of allylic oxidation sites excluding steroid dienone is 1. The van der Waals surface area contributed by atoms with Gasteiger partial charge in [-0.2, -0.15) is 0 Å². The van der Waals surface area contributed by atoms with Crippen LogP contribution in [-0.4, -0.2) is 110 Å². The first-order valence-corrected chi connectivity index (χ1v) is 15.5. The Labute approximate surface area is 249 Å². The standard InChI is InChI=1S/C30H54N2O10/c1-15(2)9-10-20(41-29-27(37)25(31)26(36)17(5)40-29)12-23-24(28(38)32-18-7-6-8-19(33)11-18)22(35)14-30(39,42-23)13-21(34)16(3)4/h9-10,15-27,29,33-37,39H,6-8,11-14,31H2,1-5H3,(H,32,38)/b10-9+/t17?,18-,19-,20+,21-,22+,23+,24-,25?,26?,27?,29?,30-/m1/s1. The van der Waals surface area contributed by atoms with Crippen LogP contribution in [0.1, 0.15) is 79.6 Å². The Morgan fingerprint density at radius 2 is 1.81 bits per heavy atom. The molecule has 12 heteroatoms. The lowest BCUT2D eigenvalue weighted by atomic mass is 9.81. The van der Waals surface area contributed by atoms with Gasteiger partial charge in [-0.25, -0.2) is 0 Å². The van der Waals surface area contributed by atoms with Crippen molar-refractivity contribution in [3.63, 3.8) is 0 Å². The summed E-state index contributed by atoms with van der Waals surface area (Å²) in [5.74, 6) is -3.50. The fraction of sp³-hybridized carbons (Fsp3) is 0.900. The van der Waals surface area contributed by atoms with Gasteiger partial charge in [-0.1, -0.05) is 39.8 Å². The van der Waals surface area contributed by atoms with Crippen molar-refractivity contribution in [1.29, 1.82) is 0 Å². The van der Waals surface area contributed by atoms with Gasteiger partial charge in [0.25, 0.3) is 0 Å². The predicted octanol–water partition coefficient (Wildman–Crippen LogP) is 0.0491. The van der Waals surface area contributed by atoms with Crippen LogP contribution in [0, 0.1) is 17.8 Å².